The number of carbonyl (C=O) groups is 1. The largest absolute Gasteiger partial charge is 0.481 e. The molecule has 0 radical (unpaired) electrons. The van der Waals surface area contributed by atoms with E-state index >= 15 is 0 Å². The normalized spacial score (nSPS) is 12.8. The van der Waals surface area contributed by atoms with E-state index in [1.54, 1.807) is 6.07 Å². The Morgan fingerprint density at radius 1 is 1.31 bits per heavy atom. The molecule has 1 aromatic rings. The topological polar surface area (TPSA) is 81.8 Å². The van der Waals surface area contributed by atoms with Crippen LogP contribution < -0.4 is 15.2 Å². The van der Waals surface area contributed by atoms with Gasteiger partial charge in [0.1, 0.15) is 0 Å². The highest BCUT2D eigenvalue weighted by atomic mass is 16.7. The first kappa shape index (κ1) is 10.8. The molecule has 0 aromatic heterocycles. The third kappa shape index (κ3) is 2.09. The zero-order chi connectivity index (χ0) is 11.5. The van der Waals surface area contributed by atoms with Crippen molar-refractivity contribution in [1.29, 1.82) is 0 Å². The summed E-state index contributed by atoms with van der Waals surface area (Å²) in [5.74, 6) is 0.409. The van der Waals surface area contributed by atoms with E-state index in [4.69, 9.17) is 20.3 Å². The maximum Gasteiger partial charge on any atom is 0.307 e. The molecule has 1 heterocycles. The van der Waals surface area contributed by atoms with Crippen molar-refractivity contribution in [3.8, 4) is 11.5 Å². The summed E-state index contributed by atoms with van der Waals surface area (Å²) < 4.78 is 10.4. The quantitative estimate of drug-likeness (QED) is 0.778. The zero-order valence-corrected chi connectivity index (χ0v) is 8.73. The maximum atomic E-state index is 10.7. The molecular formula is C11H13NO4. The van der Waals surface area contributed by atoms with Gasteiger partial charge in [-0.1, -0.05) is 0 Å². The third-order valence-corrected chi connectivity index (χ3v) is 2.45. The van der Waals surface area contributed by atoms with Gasteiger partial charge in [-0.3, -0.25) is 4.79 Å². The zero-order valence-electron chi connectivity index (χ0n) is 8.73. The molecule has 2 rings (SSSR count). The summed E-state index contributed by atoms with van der Waals surface area (Å²) in [7, 11) is 0. The Kier molecular flexibility index (Phi) is 2.96. The van der Waals surface area contributed by atoms with E-state index in [9.17, 15) is 4.79 Å². The molecule has 0 spiro atoms. The minimum Gasteiger partial charge on any atom is -0.481 e. The van der Waals surface area contributed by atoms with Crippen molar-refractivity contribution in [3.63, 3.8) is 0 Å². The molecule has 0 saturated carbocycles. The van der Waals surface area contributed by atoms with E-state index in [1.165, 1.54) is 0 Å². The molecule has 0 saturated heterocycles. The van der Waals surface area contributed by atoms with E-state index in [-0.39, 0.29) is 13.2 Å². The number of benzene rings is 1. The lowest BCUT2D eigenvalue weighted by atomic mass is 10.0. The van der Waals surface area contributed by atoms with Crippen LogP contribution in [0.15, 0.2) is 12.1 Å². The minimum atomic E-state index is -0.864. The number of carboxylic acid groups (broad SMARTS) is 1. The fraction of sp³-hybridized carbons (Fsp3) is 0.364. The lowest BCUT2D eigenvalue weighted by Crippen LogP contribution is -2.08. The van der Waals surface area contributed by atoms with E-state index in [0.717, 1.165) is 11.1 Å². The van der Waals surface area contributed by atoms with Crippen LogP contribution in [-0.4, -0.2) is 24.4 Å². The summed E-state index contributed by atoms with van der Waals surface area (Å²) in [5.41, 5.74) is 7.14. The number of ether oxygens (including phenoxy) is 2. The Morgan fingerprint density at radius 2 is 1.94 bits per heavy atom. The highest BCUT2D eigenvalue weighted by Gasteiger charge is 2.17. The summed E-state index contributed by atoms with van der Waals surface area (Å²) >= 11 is 0. The summed E-state index contributed by atoms with van der Waals surface area (Å²) in [6, 6.07) is 3.54. The molecule has 3 N–H and O–H groups in total. The monoisotopic (exact) mass is 223 g/mol. The molecule has 0 atom stereocenters. The second-order valence-corrected chi connectivity index (χ2v) is 3.58. The van der Waals surface area contributed by atoms with Gasteiger partial charge in [0.15, 0.2) is 11.5 Å². The Hall–Kier alpha value is -1.75. The molecule has 0 unspecified atom stereocenters. The van der Waals surface area contributed by atoms with Crippen molar-refractivity contribution in [2.75, 3.05) is 13.3 Å². The second kappa shape index (κ2) is 4.40. The predicted molar refractivity (Wildman–Crippen MR) is 56.7 cm³/mol. The first-order valence-corrected chi connectivity index (χ1v) is 5.04. The minimum absolute atomic E-state index is 0.0219. The highest BCUT2D eigenvalue weighted by molar-refractivity contribution is 5.71. The molecule has 5 heteroatoms. The van der Waals surface area contributed by atoms with Crippen LogP contribution in [0, 0.1) is 0 Å². The van der Waals surface area contributed by atoms with E-state index in [0.29, 0.717) is 24.5 Å². The van der Waals surface area contributed by atoms with Gasteiger partial charge in [-0.15, -0.1) is 0 Å². The lowest BCUT2D eigenvalue weighted by molar-refractivity contribution is -0.136. The Bertz CT molecular complexity index is 417. The van der Waals surface area contributed by atoms with E-state index in [1.807, 2.05) is 6.07 Å². The smallest absolute Gasteiger partial charge is 0.307 e. The molecule has 1 aliphatic rings. The van der Waals surface area contributed by atoms with E-state index < -0.39 is 5.97 Å². The van der Waals surface area contributed by atoms with Gasteiger partial charge in [0, 0.05) is 0 Å². The van der Waals surface area contributed by atoms with Crippen molar-refractivity contribution in [1.82, 2.24) is 0 Å². The predicted octanol–water partition coefficient (Wildman–Crippen LogP) is 0.544. The molecule has 1 aromatic carbocycles. The van der Waals surface area contributed by atoms with Crippen LogP contribution in [0.3, 0.4) is 0 Å². The van der Waals surface area contributed by atoms with Crippen LogP contribution in [0.5, 0.6) is 11.5 Å². The fourth-order valence-corrected chi connectivity index (χ4v) is 1.74. The van der Waals surface area contributed by atoms with Crippen LogP contribution >= 0.6 is 0 Å². The van der Waals surface area contributed by atoms with Crippen molar-refractivity contribution >= 4 is 5.97 Å². The number of carboxylic acids is 1. The number of hydrogen-bond acceptors (Lipinski definition) is 4. The summed E-state index contributed by atoms with van der Waals surface area (Å²) in [6.07, 6.45) is 0.616. The fourth-order valence-electron chi connectivity index (χ4n) is 1.74. The number of nitrogens with two attached hydrogens (primary N) is 1. The first-order chi connectivity index (χ1) is 7.70. The SMILES string of the molecule is NCCc1cc2c(cc1CC(=O)O)OCO2. The maximum absolute atomic E-state index is 10.7. The van der Waals surface area contributed by atoms with Gasteiger partial charge < -0.3 is 20.3 Å². The molecule has 1 aliphatic heterocycles. The summed E-state index contributed by atoms with van der Waals surface area (Å²) in [5, 5.41) is 8.80. The van der Waals surface area contributed by atoms with Crippen molar-refractivity contribution in [2.45, 2.75) is 12.8 Å². The molecule has 0 fully saturated rings. The standard InChI is InChI=1S/C11H13NO4/c12-2-1-7-3-9-10(16-6-15-9)4-8(7)5-11(13)14/h3-4H,1-2,5-6,12H2,(H,13,14). The van der Waals surface area contributed by atoms with Crippen LogP contribution in [0.2, 0.25) is 0 Å². The van der Waals surface area contributed by atoms with Crippen molar-refractivity contribution < 1.29 is 19.4 Å². The van der Waals surface area contributed by atoms with Gasteiger partial charge in [0.05, 0.1) is 6.42 Å². The number of fused-ring (bicyclic) bond motifs is 1. The Balaban J connectivity index is 2.36. The Morgan fingerprint density at radius 3 is 2.50 bits per heavy atom. The van der Waals surface area contributed by atoms with Crippen LogP contribution in [0.1, 0.15) is 11.1 Å². The lowest BCUT2D eigenvalue weighted by Gasteiger charge is -2.08. The van der Waals surface area contributed by atoms with Crippen LogP contribution in [0.4, 0.5) is 0 Å². The van der Waals surface area contributed by atoms with E-state index in [2.05, 4.69) is 0 Å². The van der Waals surface area contributed by atoms with Crippen molar-refractivity contribution in [3.05, 3.63) is 23.3 Å². The number of rotatable bonds is 4. The molecule has 5 nitrogen and oxygen atoms in total. The molecule has 0 bridgehead atoms. The third-order valence-electron chi connectivity index (χ3n) is 2.45. The van der Waals surface area contributed by atoms with Gasteiger partial charge in [0.2, 0.25) is 6.79 Å². The molecule has 16 heavy (non-hydrogen) atoms. The average molecular weight is 223 g/mol. The first-order valence-electron chi connectivity index (χ1n) is 5.04. The van der Waals surface area contributed by atoms with Gasteiger partial charge in [-0.25, -0.2) is 0 Å². The van der Waals surface area contributed by atoms with Crippen LogP contribution in [-0.2, 0) is 17.6 Å². The number of aliphatic carboxylic acids is 1. The van der Waals surface area contributed by atoms with Crippen LogP contribution in [0.25, 0.3) is 0 Å². The Labute approximate surface area is 92.8 Å². The highest BCUT2D eigenvalue weighted by Crippen LogP contribution is 2.35. The molecular weight excluding hydrogens is 210 g/mol. The molecule has 86 valence electrons. The summed E-state index contributed by atoms with van der Waals surface area (Å²) in [6.45, 7) is 0.667. The van der Waals surface area contributed by atoms with Gasteiger partial charge >= 0.3 is 5.97 Å². The summed E-state index contributed by atoms with van der Waals surface area (Å²) in [4.78, 5) is 10.7. The van der Waals surface area contributed by atoms with Gasteiger partial charge in [-0.05, 0) is 36.2 Å². The average Bonchev–Trinajstić information content (AvgIpc) is 2.64. The van der Waals surface area contributed by atoms with Crippen molar-refractivity contribution in [2.24, 2.45) is 5.73 Å². The second-order valence-electron chi connectivity index (χ2n) is 3.58. The van der Waals surface area contributed by atoms with Gasteiger partial charge in [-0.2, -0.15) is 0 Å². The number of hydrogen-bond donors (Lipinski definition) is 2. The molecule has 0 aliphatic carbocycles. The van der Waals surface area contributed by atoms with Gasteiger partial charge in [0.25, 0.3) is 0 Å². The molecule has 0 amide bonds.